The molecule has 2 aromatic rings. The number of alkyl carbamates (subject to hydrolysis) is 1. The highest BCUT2D eigenvalue weighted by atomic mass is 16.5. The smallest absolute Gasteiger partial charge is 0.407 e. The van der Waals surface area contributed by atoms with Gasteiger partial charge in [-0.15, -0.1) is 0 Å². The molecule has 0 aromatic heterocycles. The molecule has 0 aliphatic heterocycles. The second-order valence-electron chi connectivity index (χ2n) is 8.87. The zero-order chi connectivity index (χ0) is 24.1. The van der Waals surface area contributed by atoms with Crippen molar-refractivity contribution < 1.29 is 29.0 Å². The Kier molecular flexibility index (Phi) is 7.47. The molecule has 0 bridgehead atoms. The van der Waals surface area contributed by atoms with Crippen LogP contribution in [0.5, 0.6) is 0 Å². The molecule has 2 aliphatic carbocycles. The summed E-state index contributed by atoms with van der Waals surface area (Å²) in [7, 11) is 1.58. The van der Waals surface area contributed by atoms with E-state index in [-0.39, 0.29) is 24.5 Å². The number of hydrogen-bond donors (Lipinski definition) is 3. The Morgan fingerprint density at radius 3 is 2.24 bits per heavy atom. The molecular formula is C26H30N2O6. The van der Waals surface area contributed by atoms with Crippen LogP contribution in [0.4, 0.5) is 4.79 Å². The zero-order valence-corrected chi connectivity index (χ0v) is 19.2. The maximum absolute atomic E-state index is 12.8. The summed E-state index contributed by atoms with van der Waals surface area (Å²) in [5.41, 5.74) is 4.51. The van der Waals surface area contributed by atoms with Gasteiger partial charge in [-0.3, -0.25) is 9.59 Å². The fourth-order valence-electron chi connectivity index (χ4n) is 4.72. The van der Waals surface area contributed by atoms with Crippen molar-refractivity contribution in [3.05, 3.63) is 59.7 Å². The van der Waals surface area contributed by atoms with Crippen LogP contribution in [0.25, 0.3) is 11.1 Å². The van der Waals surface area contributed by atoms with Crippen molar-refractivity contribution >= 4 is 18.0 Å². The van der Waals surface area contributed by atoms with E-state index in [1.165, 1.54) is 0 Å². The van der Waals surface area contributed by atoms with Gasteiger partial charge in [-0.2, -0.15) is 0 Å². The number of carbonyl (C=O) groups excluding carboxylic acids is 2. The van der Waals surface area contributed by atoms with Crippen molar-refractivity contribution in [2.75, 3.05) is 20.3 Å². The lowest BCUT2D eigenvalue weighted by molar-refractivity contribution is -0.146. The molecule has 34 heavy (non-hydrogen) atoms. The van der Waals surface area contributed by atoms with E-state index in [0.29, 0.717) is 32.3 Å². The molecule has 1 fully saturated rings. The van der Waals surface area contributed by atoms with Crippen molar-refractivity contribution in [1.29, 1.82) is 0 Å². The highest BCUT2D eigenvalue weighted by Crippen LogP contribution is 2.44. The molecule has 3 N–H and O–H groups in total. The molecule has 0 spiro atoms. The number of carboxylic acid groups (broad SMARTS) is 1. The normalized spacial score (nSPS) is 19.3. The number of nitrogens with one attached hydrogen (secondary N) is 2. The first-order valence-electron chi connectivity index (χ1n) is 11.6. The topological polar surface area (TPSA) is 114 Å². The highest BCUT2D eigenvalue weighted by molar-refractivity contribution is 5.86. The summed E-state index contributed by atoms with van der Waals surface area (Å²) in [6, 6.07) is 15.2. The summed E-state index contributed by atoms with van der Waals surface area (Å²) in [4.78, 5) is 36.4. The number of carbonyl (C=O) groups is 3. The second-order valence-corrected chi connectivity index (χ2v) is 8.87. The molecule has 4 rings (SSSR count). The van der Waals surface area contributed by atoms with Crippen molar-refractivity contribution in [3.63, 3.8) is 0 Å². The molecule has 2 aromatic carbocycles. The van der Waals surface area contributed by atoms with E-state index in [2.05, 4.69) is 22.8 Å². The minimum Gasteiger partial charge on any atom is -0.481 e. The van der Waals surface area contributed by atoms with E-state index in [4.69, 9.17) is 14.6 Å². The number of methoxy groups -OCH3 is 1. The van der Waals surface area contributed by atoms with Gasteiger partial charge in [0.15, 0.2) is 0 Å². The quantitative estimate of drug-likeness (QED) is 0.463. The van der Waals surface area contributed by atoms with Crippen molar-refractivity contribution in [3.8, 4) is 11.1 Å². The van der Waals surface area contributed by atoms with E-state index < -0.39 is 24.0 Å². The van der Waals surface area contributed by atoms with E-state index in [1.807, 2.05) is 36.4 Å². The Hall–Kier alpha value is -3.39. The minimum absolute atomic E-state index is 0.0677. The molecule has 1 saturated carbocycles. The first-order chi connectivity index (χ1) is 16.5. The fourth-order valence-corrected chi connectivity index (χ4v) is 4.72. The summed E-state index contributed by atoms with van der Waals surface area (Å²) < 4.78 is 10.7. The van der Waals surface area contributed by atoms with Crippen LogP contribution in [0.3, 0.4) is 0 Å². The van der Waals surface area contributed by atoms with Crippen LogP contribution in [0, 0.1) is 5.92 Å². The molecule has 2 amide bonds. The standard InChI is InChI=1S/C26H30N2O6/c1-33-12-6-11-23(24(29)27-17-13-16(14-17)25(30)31)28-26(32)34-15-22-20-9-4-2-7-18(20)19-8-3-5-10-21(19)22/h2-5,7-10,16-17,22-23H,6,11-15H2,1H3,(H,27,29)(H,28,32)(H,30,31). The van der Waals surface area contributed by atoms with E-state index in [0.717, 1.165) is 22.3 Å². The van der Waals surface area contributed by atoms with E-state index in [1.54, 1.807) is 7.11 Å². The van der Waals surface area contributed by atoms with Gasteiger partial charge in [0.1, 0.15) is 12.6 Å². The lowest BCUT2D eigenvalue weighted by atomic mass is 9.80. The molecule has 1 unspecified atom stereocenters. The maximum Gasteiger partial charge on any atom is 0.407 e. The number of rotatable bonds is 10. The van der Waals surface area contributed by atoms with E-state index in [9.17, 15) is 14.4 Å². The molecule has 8 nitrogen and oxygen atoms in total. The lowest BCUT2D eigenvalue weighted by Gasteiger charge is -2.34. The maximum atomic E-state index is 12.8. The van der Waals surface area contributed by atoms with Gasteiger partial charge in [0.05, 0.1) is 5.92 Å². The van der Waals surface area contributed by atoms with Crippen LogP contribution in [-0.2, 0) is 19.1 Å². The fraction of sp³-hybridized carbons (Fsp3) is 0.423. The number of amides is 2. The van der Waals surface area contributed by atoms with Crippen molar-refractivity contribution in [1.82, 2.24) is 10.6 Å². The predicted molar refractivity (Wildman–Crippen MR) is 125 cm³/mol. The van der Waals surface area contributed by atoms with E-state index >= 15 is 0 Å². The van der Waals surface area contributed by atoms with Crippen LogP contribution in [0.15, 0.2) is 48.5 Å². The molecular weight excluding hydrogens is 436 g/mol. The third-order valence-corrected chi connectivity index (χ3v) is 6.63. The first kappa shape index (κ1) is 23.8. The average molecular weight is 467 g/mol. The van der Waals surface area contributed by atoms with Crippen LogP contribution in [0.2, 0.25) is 0 Å². The van der Waals surface area contributed by atoms with Gasteiger partial charge in [0.2, 0.25) is 5.91 Å². The largest absolute Gasteiger partial charge is 0.481 e. The van der Waals surface area contributed by atoms with Gasteiger partial charge >= 0.3 is 12.1 Å². The summed E-state index contributed by atoms with van der Waals surface area (Å²) in [5.74, 6) is -1.67. The molecule has 180 valence electrons. The van der Waals surface area contributed by atoms with Gasteiger partial charge in [-0.05, 0) is 47.9 Å². The van der Waals surface area contributed by atoms with Crippen LogP contribution in [-0.4, -0.2) is 55.5 Å². The van der Waals surface area contributed by atoms with Crippen LogP contribution < -0.4 is 10.6 Å². The third kappa shape index (κ3) is 5.22. The lowest BCUT2D eigenvalue weighted by Crippen LogP contribution is -2.53. The van der Waals surface area contributed by atoms with Gasteiger partial charge in [-0.1, -0.05) is 48.5 Å². The zero-order valence-electron chi connectivity index (χ0n) is 19.2. The Bertz CT molecular complexity index is 1000. The van der Waals surface area contributed by atoms with Gasteiger partial charge < -0.3 is 25.2 Å². The summed E-state index contributed by atoms with van der Waals surface area (Å²) in [5, 5.41) is 14.6. The number of carboxylic acids is 1. The molecule has 0 saturated heterocycles. The average Bonchev–Trinajstić information content (AvgIpc) is 3.12. The summed E-state index contributed by atoms with van der Waals surface area (Å²) in [6.07, 6.45) is 1.11. The van der Waals surface area contributed by atoms with Crippen LogP contribution >= 0.6 is 0 Å². The highest BCUT2D eigenvalue weighted by Gasteiger charge is 2.36. The molecule has 1 atom stereocenters. The number of fused-ring (bicyclic) bond motifs is 3. The minimum atomic E-state index is -0.848. The summed E-state index contributed by atoms with van der Waals surface area (Å²) in [6.45, 7) is 0.621. The van der Waals surface area contributed by atoms with Crippen molar-refractivity contribution in [2.45, 2.75) is 43.7 Å². The Morgan fingerprint density at radius 1 is 1.03 bits per heavy atom. The van der Waals surface area contributed by atoms with Crippen molar-refractivity contribution in [2.24, 2.45) is 5.92 Å². The Morgan fingerprint density at radius 2 is 1.65 bits per heavy atom. The third-order valence-electron chi connectivity index (χ3n) is 6.63. The van der Waals surface area contributed by atoms with Gasteiger partial charge in [-0.25, -0.2) is 4.79 Å². The number of benzene rings is 2. The Balaban J connectivity index is 1.35. The summed E-state index contributed by atoms with van der Waals surface area (Å²) >= 11 is 0. The first-order valence-corrected chi connectivity index (χ1v) is 11.6. The SMILES string of the molecule is COCCCC(NC(=O)OCC1c2ccccc2-c2ccccc21)C(=O)NC1CC(C(=O)O)C1. The monoisotopic (exact) mass is 466 g/mol. The molecule has 0 heterocycles. The Labute approximate surface area is 198 Å². The molecule has 8 heteroatoms. The number of hydrogen-bond acceptors (Lipinski definition) is 5. The molecule has 2 aliphatic rings. The predicted octanol–water partition coefficient (Wildman–Crippen LogP) is 3.30. The number of aliphatic carboxylic acids is 1. The molecule has 0 radical (unpaired) electrons. The number of ether oxygens (including phenoxy) is 2. The second kappa shape index (κ2) is 10.7. The van der Waals surface area contributed by atoms with Crippen LogP contribution in [0.1, 0.15) is 42.7 Å². The van der Waals surface area contributed by atoms with Gasteiger partial charge in [0, 0.05) is 25.7 Å². The van der Waals surface area contributed by atoms with Gasteiger partial charge in [0.25, 0.3) is 0 Å².